The summed E-state index contributed by atoms with van der Waals surface area (Å²) in [6, 6.07) is 3.77. The fourth-order valence-electron chi connectivity index (χ4n) is 1.29. The molecule has 0 saturated heterocycles. The van der Waals surface area contributed by atoms with Crippen molar-refractivity contribution in [2.45, 2.75) is 25.6 Å². The summed E-state index contributed by atoms with van der Waals surface area (Å²) in [6.45, 7) is 2.08. The molecule has 0 aliphatic rings. The Hall–Kier alpha value is -1.30. The molecule has 0 aliphatic carbocycles. The van der Waals surface area contributed by atoms with Gasteiger partial charge in [0.2, 0.25) is 0 Å². The lowest BCUT2D eigenvalue weighted by molar-refractivity contribution is -0.141. The molecule has 0 saturated carbocycles. The number of aliphatic hydroxyl groups is 1. The Morgan fingerprint density at radius 3 is 2.59 bits per heavy atom. The van der Waals surface area contributed by atoms with Gasteiger partial charge < -0.3 is 10.0 Å². The van der Waals surface area contributed by atoms with Gasteiger partial charge in [0.05, 0.1) is 6.10 Å². The number of anilines is 1. The molecule has 0 bridgehead atoms. The summed E-state index contributed by atoms with van der Waals surface area (Å²) in [5.41, 5.74) is -0.904. The third-order valence-corrected chi connectivity index (χ3v) is 2.30. The van der Waals surface area contributed by atoms with Gasteiger partial charge >= 0.3 is 6.18 Å². The highest BCUT2D eigenvalue weighted by Crippen LogP contribution is 2.28. The minimum Gasteiger partial charge on any atom is -0.393 e. The Bertz CT molecular complexity index is 366. The summed E-state index contributed by atoms with van der Waals surface area (Å²) in [5, 5.41) is 9.10. The highest BCUT2D eigenvalue weighted by molar-refractivity contribution is 5.38. The van der Waals surface area contributed by atoms with Crippen molar-refractivity contribution in [2.24, 2.45) is 0 Å². The van der Waals surface area contributed by atoms with Crippen LogP contribution >= 0.6 is 0 Å². The Labute approximate surface area is 97.9 Å². The summed E-state index contributed by atoms with van der Waals surface area (Å²) in [6.07, 6.45) is -4.43. The Kier molecular flexibility index (Phi) is 4.34. The van der Waals surface area contributed by atoms with Crippen LogP contribution in [-0.2, 0) is 6.18 Å². The van der Waals surface area contributed by atoms with Crippen LogP contribution in [0.4, 0.5) is 19.0 Å². The minimum absolute atomic E-state index is 0.250. The first kappa shape index (κ1) is 13.8. The number of halogens is 3. The lowest BCUT2D eigenvalue weighted by atomic mass is 10.2. The lowest BCUT2D eigenvalue weighted by Crippen LogP contribution is -2.23. The zero-order valence-electron chi connectivity index (χ0n) is 9.70. The van der Waals surface area contributed by atoms with E-state index in [0.29, 0.717) is 13.0 Å². The molecule has 6 heteroatoms. The number of aliphatic hydroxyl groups excluding tert-OH is 1. The van der Waals surface area contributed by atoms with Gasteiger partial charge in [0.25, 0.3) is 0 Å². The standard InChI is InChI=1S/C11H15F3N2O/c1-8(17)6-7-16(2)10-5-3-4-9(15-10)11(12,13)14/h3-5,8,17H,6-7H2,1-2H3. The highest BCUT2D eigenvalue weighted by Gasteiger charge is 2.32. The maximum atomic E-state index is 12.4. The van der Waals surface area contributed by atoms with E-state index in [1.54, 1.807) is 18.9 Å². The Morgan fingerprint density at radius 1 is 1.41 bits per heavy atom. The molecule has 0 spiro atoms. The van der Waals surface area contributed by atoms with Crippen LogP contribution < -0.4 is 4.90 Å². The Balaban J connectivity index is 2.77. The number of alkyl halides is 3. The quantitative estimate of drug-likeness (QED) is 0.888. The molecule has 1 rings (SSSR count). The van der Waals surface area contributed by atoms with Crippen molar-refractivity contribution in [1.29, 1.82) is 0 Å². The number of aromatic nitrogens is 1. The molecule has 0 aliphatic heterocycles. The van der Waals surface area contributed by atoms with E-state index < -0.39 is 18.0 Å². The third kappa shape index (κ3) is 4.22. The van der Waals surface area contributed by atoms with Gasteiger partial charge in [0.15, 0.2) is 0 Å². The van der Waals surface area contributed by atoms with Crippen LogP contribution in [0.25, 0.3) is 0 Å². The van der Waals surface area contributed by atoms with Gasteiger partial charge in [-0.05, 0) is 25.5 Å². The minimum atomic E-state index is -4.43. The van der Waals surface area contributed by atoms with E-state index in [4.69, 9.17) is 5.11 Å². The number of nitrogens with zero attached hydrogens (tertiary/aromatic N) is 2. The van der Waals surface area contributed by atoms with E-state index in [-0.39, 0.29) is 5.82 Å². The molecule has 1 unspecified atom stereocenters. The first-order valence-electron chi connectivity index (χ1n) is 5.24. The fraction of sp³-hybridized carbons (Fsp3) is 0.545. The van der Waals surface area contributed by atoms with Gasteiger partial charge in [-0.25, -0.2) is 4.98 Å². The predicted octanol–water partition coefficient (Wildman–Crippen LogP) is 2.31. The summed E-state index contributed by atoms with van der Waals surface area (Å²) < 4.78 is 37.3. The SMILES string of the molecule is CC(O)CCN(C)c1cccc(C(F)(F)F)n1. The summed E-state index contributed by atoms with van der Waals surface area (Å²) >= 11 is 0. The first-order valence-corrected chi connectivity index (χ1v) is 5.24. The van der Waals surface area contributed by atoms with Gasteiger partial charge in [0, 0.05) is 13.6 Å². The molecule has 0 aromatic carbocycles. The third-order valence-electron chi connectivity index (χ3n) is 2.30. The number of rotatable bonds is 4. The topological polar surface area (TPSA) is 36.4 Å². The predicted molar refractivity (Wildman–Crippen MR) is 58.8 cm³/mol. The molecule has 1 aromatic rings. The maximum absolute atomic E-state index is 12.4. The van der Waals surface area contributed by atoms with Crippen LogP contribution in [0.1, 0.15) is 19.0 Å². The molecular formula is C11H15F3N2O. The lowest BCUT2D eigenvalue weighted by Gasteiger charge is -2.19. The van der Waals surface area contributed by atoms with Gasteiger partial charge in [-0.3, -0.25) is 0 Å². The van der Waals surface area contributed by atoms with E-state index in [0.717, 1.165) is 6.07 Å². The van der Waals surface area contributed by atoms with Gasteiger partial charge in [-0.15, -0.1) is 0 Å². The highest BCUT2D eigenvalue weighted by atomic mass is 19.4. The summed E-state index contributed by atoms with van der Waals surface area (Å²) in [7, 11) is 1.64. The number of pyridine rings is 1. The van der Waals surface area contributed by atoms with E-state index in [9.17, 15) is 13.2 Å². The van der Waals surface area contributed by atoms with E-state index in [2.05, 4.69) is 4.98 Å². The molecule has 3 nitrogen and oxygen atoms in total. The average molecular weight is 248 g/mol. The molecule has 1 atom stereocenters. The zero-order chi connectivity index (χ0) is 13.1. The number of hydrogen-bond donors (Lipinski definition) is 1. The number of hydrogen-bond acceptors (Lipinski definition) is 3. The summed E-state index contributed by atoms with van der Waals surface area (Å²) in [4.78, 5) is 5.13. The molecule has 0 radical (unpaired) electrons. The van der Waals surface area contributed by atoms with Crippen molar-refractivity contribution >= 4 is 5.82 Å². The molecule has 17 heavy (non-hydrogen) atoms. The molecule has 0 amide bonds. The van der Waals surface area contributed by atoms with Crippen molar-refractivity contribution in [3.63, 3.8) is 0 Å². The molecule has 0 fully saturated rings. The Morgan fingerprint density at radius 2 is 2.06 bits per heavy atom. The largest absolute Gasteiger partial charge is 0.433 e. The molecule has 1 aromatic heterocycles. The first-order chi connectivity index (χ1) is 7.80. The van der Waals surface area contributed by atoms with Crippen molar-refractivity contribution in [3.05, 3.63) is 23.9 Å². The van der Waals surface area contributed by atoms with Crippen LogP contribution in [0.3, 0.4) is 0 Å². The monoisotopic (exact) mass is 248 g/mol. The van der Waals surface area contributed by atoms with Crippen molar-refractivity contribution in [2.75, 3.05) is 18.5 Å². The van der Waals surface area contributed by atoms with E-state index in [1.807, 2.05) is 0 Å². The molecule has 1 heterocycles. The van der Waals surface area contributed by atoms with Gasteiger partial charge in [-0.1, -0.05) is 6.07 Å². The average Bonchev–Trinajstić information content (AvgIpc) is 2.25. The second kappa shape index (κ2) is 5.35. The van der Waals surface area contributed by atoms with Crippen LogP contribution in [0, 0.1) is 0 Å². The molecule has 1 N–H and O–H groups in total. The smallest absolute Gasteiger partial charge is 0.393 e. The summed E-state index contributed by atoms with van der Waals surface area (Å²) in [5.74, 6) is 0.250. The van der Waals surface area contributed by atoms with E-state index in [1.165, 1.54) is 12.1 Å². The van der Waals surface area contributed by atoms with Crippen molar-refractivity contribution < 1.29 is 18.3 Å². The van der Waals surface area contributed by atoms with Crippen LogP contribution in [0.5, 0.6) is 0 Å². The normalized spacial score (nSPS) is 13.5. The molecular weight excluding hydrogens is 233 g/mol. The van der Waals surface area contributed by atoms with Crippen LogP contribution in [-0.4, -0.2) is 29.8 Å². The van der Waals surface area contributed by atoms with Crippen molar-refractivity contribution in [3.8, 4) is 0 Å². The second-order valence-corrected chi connectivity index (χ2v) is 3.94. The fourth-order valence-corrected chi connectivity index (χ4v) is 1.29. The van der Waals surface area contributed by atoms with Gasteiger partial charge in [-0.2, -0.15) is 13.2 Å². The van der Waals surface area contributed by atoms with Crippen molar-refractivity contribution in [1.82, 2.24) is 4.98 Å². The molecule has 96 valence electrons. The van der Waals surface area contributed by atoms with Crippen LogP contribution in [0.2, 0.25) is 0 Å². The van der Waals surface area contributed by atoms with Crippen LogP contribution in [0.15, 0.2) is 18.2 Å². The maximum Gasteiger partial charge on any atom is 0.433 e. The van der Waals surface area contributed by atoms with Gasteiger partial charge in [0.1, 0.15) is 11.5 Å². The zero-order valence-corrected chi connectivity index (χ0v) is 9.70. The second-order valence-electron chi connectivity index (χ2n) is 3.94. The van der Waals surface area contributed by atoms with E-state index >= 15 is 0 Å².